The second-order valence-corrected chi connectivity index (χ2v) is 6.62. The molecule has 140 valence electrons. The minimum atomic E-state index is -0.629. The van der Waals surface area contributed by atoms with Gasteiger partial charge in [-0.1, -0.05) is 48.5 Å². The number of esters is 1. The standard InChI is InChI=1S/C22H23NO4/c1-15(12-13-17-8-4-3-5-9-17)23-20(24)14-26-22(25)21-16(2)18-10-6-7-11-19(18)27-21/h3-11,15H,12-14H2,1-2H3,(H,23,24). The van der Waals surface area contributed by atoms with Crippen LogP contribution in [-0.2, 0) is 16.0 Å². The van der Waals surface area contributed by atoms with Crippen molar-refractivity contribution in [1.82, 2.24) is 5.32 Å². The van der Waals surface area contributed by atoms with Crippen molar-refractivity contribution in [2.45, 2.75) is 32.7 Å². The van der Waals surface area contributed by atoms with E-state index in [-0.39, 0.29) is 24.3 Å². The molecule has 0 saturated heterocycles. The molecule has 2 aromatic carbocycles. The van der Waals surface area contributed by atoms with Crippen molar-refractivity contribution in [1.29, 1.82) is 0 Å². The lowest BCUT2D eigenvalue weighted by molar-refractivity contribution is -0.124. The molecule has 0 aliphatic carbocycles. The number of amides is 1. The average Bonchev–Trinajstić information content (AvgIpc) is 3.02. The third-order valence-corrected chi connectivity index (χ3v) is 4.48. The van der Waals surface area contributed by atoms with E-state index in [1.54, 1.807) is 13.0 Å². The highest BCUT2D eigenvalue weighted by molar-refractivity contribution is 5.96. The van der Waals surface area contributed by atoms with E-state index in [0.717, 1.165) is 18.2 Å². The largest absolute Gasteiger partial charge is 0.450 e. The molecule has 1 amide bonds. The molecule has 0 aliphatic rings. The van der Waals surface area contributed by atoms with Gasteiger partial charge < -0.3 is 14.5 Å². The predicted octanol–water partition coefficient (Wildman–Crippen LogP) is 4.04. The van der Waals surface area contributed by atoms with Crippen molar-refractivity contribution < 1.29 is 18.7 Å². The number of nitrogens with one attached hydrogen (secondary N) is 1. The molecule has 0 saturated carbocycles. The summed E-state index contributed by atoms with van der Waals surface area (Å²) in [4.78, 5) is 24.3. The summed E-state index contributed by atoms with van der Waals surface area (Å²) < 4.78 is 10.7. The van der Waals surface area contributed by atoms with Crippen LogP contribution >= 0.6 is 0 Å². The molecule has 1 unspecified atom stereocenters. The number of para-hydroxylation sites is 1. The number of benzene rings is 2. The predicted molar refractivity (Wildman–Crippen MR) is 104 cm³/mol. The quantitative estimate of drug-likeness (QED) is 0.642. The molecule has 0 radical (unpaired) electrons. The van der Waals surface area contributed by atoms with Crippen LogP contribution in [0.5, 0.6) is 0 Å². The number of aryl methyl sites for hydroxylation is 2. The Balaban J connectivity index is 1.48. The second-order valence-electron chi connectivity index (χ2n) is 6.62. The van der Waals surface area contributed by atoms with E-state index in [1.165, 1.54) is 5.56 Å². The number of furan rings is 1. The summed E-state index contributed by atoms with van der Waals surface area (Å²) in [6, 6.07) is 17.5. The monoisotopic (exact) mass is 365 g/mol. The molecule has 1 heterocycles. The van der Waals surface area contributed by atoms with E-state index in [4.69, 9.17) is 9.15 Å². The number of hydrogen-bond acceptors (Lipinski definition) is 4. The number of hydrogen-bond donors (Lipinski definition) is 1. The summed E-state index contributed by atoms with van der Waals surface area (Å²) in [5.41, 5.74) is 2.57. The molecule has 27 heavy (non-hydrogen) atoms. The molecule has 1 aromatic heterocycles. The van der Waals surface area contributed by atoms with Crippen LogP contribution in [0.15, 0.2) is 59.0 Å². The van der Waals surface area contributed by atoms with Gasteiger partial charge >= 0.3 is 5.97 Å². The van der Waals surface area contributed by atoms with Crippen LogP contribution in [0.3, 0.4) is 0 Å². The van der Waals surface area contributed by atoms with Crippen molar-refractivity contribution >= 4 is 22.8 Å². The van der Waals surface area contributed by atoms with E-state index >= 15 is 0 Å². The Hall–Kier alpha value is -3.08. The first-order valence-electron chi connectivity index (χ1n) is 9.03. The summed E-state index contributed by atoms with van der Waals surface area (Å²) in [6.07, 6.45) is 1.69. The van der Waals surface area contributed by atoms with E-state index in [0.29, 0.717) is 11.1 Å². The lowest BCUT2D eigenvalue weighted by Gasteiger charge is -2.13. The summed E-state index contributed by atoms with van der Waals surface area (Å²) in [5.74, 6) is -0.811. The number of carbonyl (C=O) groups excluding carboxylic acids is 2. The zero-order chi connectivity index (χ0) is 19.2. The Morgan fingerprint density at radius 3 is 2.52 bits per heavy atom. The highest BCUT2D eigenvalue weighted by atomic mass is 16.5. The van der Waals surface area contributed by atoms with Crippen molar-refractivity contribution in [2.24, 2.45) is 0 Å². The first-order chi connectivity index (χ1) is 13.0. The zero-order valence-electron chi connectivity index (χ0n) is 15.5. The van der Waals surface area contributed by atoms with Crippen molar-refractivity contribution in [3.05, 3.63) is 71.5 Å². The van der Waals surface area contributed by atoms with Crippen LogP contribution in [0.25, 0.3) is 11.0 Å². The maximum Gasteiger partial charge on any atom is 0.375 e. The first-order valence-corrected chi connectivity index (χ1v) is 9.03. The van der Waals surface area contributed by atoms with Crippen LogP contribution in [0.2, 0.25) is 0 Å². The molecule has 0 bridgehead atoms. The van der Waals surface area contributed by atoms with Crippen LogP contribution < -0.4 is 5.32 Å². The molecule has 5 nitrogen and oxygen atoms in total. The van der Waals surface area contributed by atoms with Crippen LogP contribution in [0, 0.1) is 6.92 Å². The highest BCUT2D eigenvalue weighted by Gasteiger charge is 2.20. The Morgan fingerprint density at radius 2 is 1.78 bits per heavy atom. The van der Waals surface area contributed by atoms with Crippen LogP contribution in [-0.4, -0.2) is 24.5 Å². The van der Waals surface area contributed by atoms with E-state index in [2.05, 4.69) is 17.4 Å². The Bertz CT molecular complexity index is 930. The molecule has 0 fully saturated rings. The fraction of sp³-hybridized carbons (Fsp3) is 0.273. The van der Waals surface area contributed by atoms with E-state index in [9.17, 15) is 9.59 Å². The van der Waals surface area contributed by atoms with E-state index in [1.807, 2.05) is 43.3 Å². The van der Waals surface area contributed by atoms with Gasteiger partial charge in [0, 0.05) is 17.0 Å². The van der Waals surface area contributed by atoms with Gasteiger partial charge in [-0.05, 0) is 38.3 Å². The van der Waals surface area contributed by atoms with E-state index < -0.39 is 5.97 Å². The summed E-state index contributed by atoms with van der Waals surface area (Å²) in [5, 5.41) is 3.72. The second kappa shape index (κ2) is 8.54. The average molecular weight is 365 g/mol. The minimum Gasteiger partial charge on any atom is -0.450 e. The van der Waals surface area contributed by atoms with Crippen molar-refractivity contribution in [2.75, 3.05) is 6.61 Å². The molecule has 3 rings (SSSR count). The molecule has 3 aromatic rings. The van der Waals surface area contributed by atoms with Gasteiger partial charge in [0.25, 0.3) is 5.91 Å². The molecular weight excluding hydrogens is 342 g/mol. The lowest BCUT2D eigenvalue weighted by atomic mass is 10.1. The minimum absolute atomic E-state index is 0.00987. The van der Waals surface area contributed by atoms with Gasteiger partial charge in [-0.3, -0.25) is 4.79 Å². The lowest BCUT2D eigenvalue weighted by Crippen LogP contribution is -2.36. The van der Waals surface area contributed by atoms with Gasteiger partial charge in [0.1, 0.15) is 5.58 Å². The zero-order valence-corrected chi connectivity index (χ0v) is 15.5. The van der Waals surface area contributed by atoms with Gasteiger partial charge in [0.15, 0.2) is 6.61 Å². The molecule has 5 heteroatoms. The van der Waals surface area contributed by atoms with Crippen LogP contribution in [0.1, 0.15) is 35.0 Å². The maximum atomic E-state index is 12.2. The third-order valence-electron chi connectivity index (χ3n) is 4.48. The molecule has 0 spiro atoms. The fourth-order valence-corrected chi connectivity index (χ4v) is 2.98. The van der Waals surface area contributed by atoms with Crippen molar-refractivity contribution in [3.63, 3.8) is 0 Å². The van der Waals surface area contributed by atoms with Gasteiger partial charge in [0.05, 0.1) is 0 Å². The Morgan fingerprint density at radius 1 is 1.07 bits per heavy atom. The molecule has 1 atom stereocenters. The molecular formula is C22H23NO4. The van der Waals surface area contributed by atoms with Gasteiger partial charge in [-0.2, -0.15) is 0 Å². The van der Waals surface area contributed by atoms with Gasteiger partial charge in [-0.25, -0.2) is 4.79 Å². The van der Waals surface area contributed by atoms with Gasteiger partial charge in [-0.15, -0.1) is 0 Å². The first kappa shape index (κ1) is 18.7. The fourth-order valence-electron chi connectivity index (χ4n) is 2.98. The normalized spacial score (nSPS) is 11.9. The Labute approximate surface area is 158 Å². The third kappa shape index (κ3) is 4.76. The number of carbonyl (C=O) groups is 2. The van der Waals surface area contributed by atoms with Crippen LogP contribution in [0.4, 0.5) is 0 Å². The summed E-state index contributed by atoms with van der Waals surface area (Å²) in [6.45, 7) is 3.41. The smallest absolute Gasteiger partial charge is 0.375 e. The maximum absolute atomic E-state index is 12.2. The SMILES string of the molecule is Cc1c(C(=O)OCC(=O)NC(C)CCc2ccccc2)oc2ccccc12. The number of rotatable bonds is 7. The highest BCUT2D eigenvalue weighted by Crippen LogP contribution is 2.25. The van der Waals surface area contributed by atoms with Gasteiger partial charge in [0.2, 0.25) is 5.76 Å². The number of ether oxygens (including phenoxy) is 1. The summed E-state index contributed by atoms with van der Waals surface area (Å²) >= 11 is 0. The topological polar surface area (TPSA) is 68.5 Å². The molecule has 0 aliphatic heterocycles. The summed E-state index contributed by atoms with van der Waals surface area (Å²) in [7, 11) is 0. The van der Waals surface area contributed by atoms with Crippen molar-refractivity contribution in [3.8, 4) is 0 Å². The Kier molecular flexibility index (Phi) is 5.91. The molecule has 1 N–H and O–H groups in total. The number of fused-ring (bicyclic) bond motifs is 1.